The Kier molecular flexibility index (Phi) is 4.03. The van der Waals surface area contributed by atoms with Crippen LogP contribution in [0.1, 0.15) is 10.4 Å². The number of carboxylic acid groups (broad SMARTS) is 1. The third-order valence-corrected chi connectivity index (χ3v) is 4.01. The first-order valence-corrected chi connectivity index (χ1v) is 8.04. The average Bonchev–Trinajstić information content (AvgIpc) is 3.19. The van der Waals surface area contributed by atoms with Crippen molar-refractivity contribution in [3.8, 4) is 34.0 Å². The van der Waals surface area contributed by atoms with Crippen LogP contribution in [0.15, 0.2) is 83.4 Å². The summed E-state index contributed by atoms with van der Waals surface area (Å²) in [4.78, 5) is 15.6. The van der Waals surface area contributed by atoms with Crippen LogP contribution in [0.2, 0.25) is 0 Å². The van der Waals surface area contributed by atoms with E-state index in [0.717, 1.165) is 22.3 Å². The molecule has 0 atom stereocenters. The number of carboxylic acids is 1. The zero-order chi connectivity index (χ0) is 17.9. The van der Waals surface area contributed by atoms with Crippen LogP contribution < -0.4 is 0 Å². The highest BCUT2D eigenvalue weighted by Crippen LogP contribution is 2.27. The lowest BCUT2D eigenvalue weighted by Crippen LogP contribution is -1.95. The number of aromatic nitrogens is 2. The van der Waals surface area contributed by atoms with Gasteiger partial charge in [0.05, 0.1) is 5.56 Å². The maximum Gasteiger partial charge on any atom is 0.335 e. The van der Waals surface area contributed by atoms with E-state index in [4.69, 9.17) is 9.63 Å². The van der Waals surface area contributed by atoms with E-state index in [2.05, 4.69) is 10.1 Å². The van der Waals surface area contributed by atoms with Gasteiger partial charge in [-0.2, -0.15) is 4.98 Å². The Morgan fingerprint density at radius 1 is 0.769 bits per heavy atom. The summed E-state index contributed by atoms with van der Waals surface area (Å²) in [7, 11) is 0. The predicted molar refractivity (Wildman–Crippen MR) is 97.6 cm³/mol. The molecule has 0 unspecified atom stereocenters. The van der Waals surface area contributed by atoms with Gasteiger partial charge in [0.2, 0.25) is 5.82 Å². The first kappa shape index (κ1) is 15.8. The van der Waals surface area contributed by atoms with Crippen molar-refractivity contribution in [1.29, 1.82) is 0 Å². The molecule has 0 fully saturated rings. The lowest BCUT2D eigenvalue weighted by atomic mass is 10.0. The molecule has 0 bridgehead atoms. The number of rotatable bonds is 4. The molecule has 4 rings (SSSR count). The van der Waals surface area contributed by atoms with Gasteiger partial charge in [-0.15, -0.1) is 0 Å². The van der Waals surface area contributed by atoms with E-state index in [1.54, 1.807) is 18.2 Å². The second-order valence-corrected chi connectivity index (χ2v) is 5.76. The molecule has 0 saturated heterocycles. The number of carbonyl (C=O) groups is 1. The molecule has 0 amide bonds. The lowest BCUT2D eigenvalue weighted by molar-refractivity contribution is 0.0697. The maximum atomic E-state index is 11.2. The van der Waals surface area contributed by atoms with Crippen molar-refractivity contribution in [1.82, 2.24) is 10.1 Å². The third-order valence-electron chi connectivity index (χ3n) is 4.01. The van der Waals surface area contributed by atoms with Crippen molar-refractivity contribution in [3.05, 3.63) is 84.4 Å². The summed E-state index contributed by atoms with van der Waals surface area (Å²) in [5.74, 6) is -0.00681. The first-order valence-electron chi connectivity index (χ1n) is 8.04. The molecule has 1 N–H and O–H groups in total. The van der Waals surface area contributed by atoms with E-state index < -0.39 is 5.97 Å². The van der Waals surface area contributed by atoms with Crippen LogP contribution in [0.25, 0.3) is 34.0 Å². The van der Waals surface area contributed by atoms with E-state index in [9.17, 15) is 4.79 Å². The van der Waals surface area contributed by atoms with Gasteiger partial charge in [-0.3, -0.25) is 0 Å². The second kappa shape index (κ2) is 6.64. The van der Waals surface area contributed by atoms with Gasteiger partial charge in [-0.05, 0) is 41.5 Å². The number of hydrogen-bond donors (Lipinski definition) is 1. The van der Waals surface area contributed by atoms with Gasteiger partial charge in [0, 0.05) is 11.1 Å². The van der Waals surface area contributed by atoms with Crippen LogP contribution in [0.5, 0.6) is 0 Å². The number of hydrogen-bond acceptors (Lipinski definition) is 4. The van der Waals surface area contributed by atoms with Crippen LogP contribution in [0.3, 0.4) is 0 Å². The van der Waals surface area contributed by atoms with Crippen LogP contribution >= 0.6 is 0 Å². The van der Waals surface area contributed by atoms with Gasteiger partial charge in [-0.1, -0.05) is 53.7 Å². The lowest BCUT2D eigenvalue weighted by Gasteiger charge is -2.04. The van der Waals surface area contributed by atoms with Gasteiger partial charge in [0.1, 0.15) is 0 Å². The fourth-order valence-electron chi connectivity index (χ4n) is 2.71. The van der Waals surface area contributed by atoms with Gasteiger partial charge < -0.3 is 9.63 Å². The maximum absolute atomic E-state index is 11.2. The Balaban J connectivity index is 1.70. The monoisotopic (exact) mass is 342 g/mol. The quantitative estimate of drug-likeness (QED) is 0.578. The highest BCUT2D eigenvalue weighted by Gasteiger charge is 2.11. The molecular weight excluding hydrogens is 328 g/mol. The van der Waals surface area contributed by atoms with Gasteiger partial charge >= 0.3 is 5.97 Å². The van der Waals surface area contributed by atoms with Crippen molar-refractivity contribution in [2.45, 2.75) is 0 Å². The van der Waals surface area contributed by atoms with Gasteiger partial charge in [0.25, 0.3) is 5.89 Å². The molecule has 5 nitrogen and oxygen atoms in total. The Bertz CT molecular complexity index is 1070. The highest BCUT2D eigenvalue weighted by molar-refractivity contribution is 5.89. The molecule has 1 heterocycles. The molecular formula is C21H14N2O3. The number of nitrogens with zero attached hydrogens (tertiary/aromatic N) is 2. The van der Waals surface area contributed by atoms with Crippen molar-refractivity contribution in [3.63, 3.8) is 0 Å². The molecule has 26 heavy (non-hydrogen) atoms. The molecule has 0 radical (unpaired) electrons. The summed E-state index contributed by atoms with van der Waals surface area (Å²) in [6, 6.07) is 24.0. The summed E-state index contributed by atoms with van der Waals surface area (Å²) in [6.45, 7) is 0. The van der Waals surface area contributed by atoms with E-state index in [0.29, 0.717) is 11.7 Å². The zero-order valence-corrected chi connectivity index (χ0v) is 13.7. The molecule has 5 heteroatoms. The van der Waals surface area contributed by atoms with Crippen molar-refractivity contribution < 1.29 is 14.4 Å². The van der Waals surface area contributed by atoms with Crippen LogP contribution in [-0.4, -0.2) is 21.2 Å². The van der Waals surface area contributed by atoms with Crippen LogP contribution in [-0.2, 0) is 0 Å². The summed E-state index contributed by atoms with van der Waals surface area (Å²) in [5.41, 5.74) is 3.61. The molecule has 1 aromatic heterocycles. The molecule has 0 spiro atoms. The normalized spacial score (nSPS) is 10.6. The zero-order valence-electron chi connectivity index (χ0n) is 13.7. The second-order valence-electron chi connectivity index (χ2n) is 5.76. The smallest absolute Gasteiger partial charge is 0.335 e. The average molecular weight is 342 g/mol. The first-order chi connectivity index (χ1) is 12.7. The highest BCUT2D eigenvalue weighted by atomic mass is 16.5. The summed E-state index contributed by atoms with van der Waals surface area (Å²) >= 11 is 0. The molecule has 0 saturated carbocycles. The number of benzene rings is 3. The predicted octanol–water partition coefficient (Wildman–Crippen LogP) is 4.77. The van der Waals surface area contributed by atoms with Gasteiger partial charge in [-0.25, -0.2) is 4.79 Å². The van der Waals surface area contributed by atoms with E-state index in [1.165, 1.54) is 0 Å². The summed E-state index contributed by atoms with van der Waals surface area (Å²) in [5, 5.41) is 13.2. The van der Waals surface area contributed by atoms with Gasteiger partial charge in [0.15, 0.2) is 0 Å². The summed E-state index contributed by atoms with van der Waals surface area (Å²) in [6.07, 6.45) is 0. The minimum absolute atomic E-state index is 0.249. The van der Waals surface area contributed by atoms with Crippen molar-refractivity contribution in [2.24, 2.45) is 0 Å². The number of aromatic carboxylic acids is 1. The van der Waals surface area contributed by atoms with Crippen molar-refractivity contribution in [2.75, 3.05) is 0 Å². The topological polar surface area (TPSA) is 76.2 Å². The SMILES string of the molecule is O=C(O)c1cccc(-c2cccc(-c3noc(-c4ccccc4)n3)c2)c1. The molecule has 0 aliphatic carbocycles. The standard InChI is InChI=1S/C21H14N2O3/c24-21(25)18-11-5-9-16(13-18)15-8-4-10-17(12-15)19-22-20(26-23-19)14-6-2-1-3-7-14/h1-13H,(H,24,25). The van der Waals surface area contributed by atoms with Crippen LogP contribution in [0.4, 0.5) is 0 Å². The molecule has 126 valence electrons. The fraction of sp³-hybridized carbons (Fsp3) is 0. The van der Waals surface area contributed by atoms with E-state index >= 15 is 0 Å². The molecule has 3 aromatic carbocycles. The Labute approximate surface area is 149 Å². The molecule has 0 aliphatic heterocycles. The Morgan fingerprint density at radius 2 is 1.42 bits per heavy atom. The Morgan fingerprint density at radius 3 is 2.19 bits per heavy atom. The van der Waals surface area contributed by atoms with Crippen molar-refractivity contribution >= 4 is 5.97 Å². The minimum atomic E-state index is -0.950. The summed E-state index contributed by atoms with van der Waals surface area (Å²) < 4.78 is 5.36. The largest absolute Gasteiger partial charge is 0.478 e. The van der Waals surface area contributed by atoms with Crippen LogP contribution in [0, 0.1) is 0 Å². The fourth-order valence-corrected chi connectivity index (χ4v) is 2.71. The molecule has 4 aromatic rings. The van der Waals surface area contributed by atoms with E-state index in [1.807, 2.05) is 60.7 Å². The molecule has 0 aliphatic rings. The van der Waals surface area contributed by atoms with E-state index in [-0.39, 0.29) is 5.56 Å². The Hall–Kier alpha value is -3.73. The third kappa shape index (κ3) is 3.10. The minimum Gasteiger partial charge on any atom is -0.478 e.